The van der Waals surface area contributed by atoms with Crippen LogP contribution < -0.4 is 0 Å². The maximum atomic E-state index is 5.55. The van der Waals surface area contributed by atoms with Crippen LogP contribution in [0.15, 0.2) is 400 Å². The molecule has 126 heavy (non-hydrogen) atoms. The molecule has 0 atom stereocenters. The van der Waals surface area contributed by atoms with E-state index >= 15 is 0 Å². The van der Waals surface area contributed by atoms with E-state index in [4.69, 9.17) is 19.9 Å². The van der Waals surface area contributed by atoms with Crippen molar-refractivity contribution in [1.29, 1.82) is 0 Å². The van der Waals surface area contributed by atoms with Gasteiger partial charge in [-0.15, -0.1) is 68.0 Å². The fourth-order valence-electron chi connectivity index (χ4n) is 18.9. The quantitative estimate of drug-likeness (QED) is 0.115. The lowest BCUT2D eigenvalue weighted by Crippen LogP contribution is -1.97. The van der Waals surface area contributed by atoms with Gasteiger partial charge in [-0.3, -0.25) is 0 Å². The second kappa shape index (κ2) is 29.6. The molecule has 0 N–H and O–H groups in total. The molecule has 0 aliphatic rings. The second-order valence-electron chi connectivity index (χ2n) is 32.6. The Bertz CT molecular complexity index is 8880. The van der Waals surface area contributed by atoms with Crippen LogP contribution >= 0.6 is 68.0 Å². The monoisotopic (exact) mass is 1710 g/mol. The van der Waals surface area contributed by atoms with Crippen LogP contribution in [0.1, 0.15) is 0 Å². The molecule has 0 aliphatic carbocycles. The summed E-state index contributed by atoms with van der Waals surface area (Å²) in [7, 11) is 0. The van der Waals surface area contributed by atoms with Crippen molar-refractivity contribution in [3.63, 3.8) is 0 Å². The van der Waals surface area contributed by atoms with Crippen LogP contribution in [-0.4, -0.2) is 19.9 Å². The van der Waals surface area contributed by atoms with Gasteiger partial charge in [-0.1, -0.05) is 267 Å². The molecule has 8 heterocycles. The average Bonchev–Trinajstić information content (AvgIpc) is 1.53. The molecule has 26 aromatic rings. The Morgan fingerprint density at radius 3 is 0.833 bits per heavy atom. The normalized spacial score (nSPS) is 12.0. The minimum atomic E-state index is 0.674. The lowest BCUT2D eigenvalue weighted by molar-refractivity contribution is 1.18. The van der Waals surface area contributed by atoms with Crippen molar-refractivity contribution in [2.24, 2.45) is 0 Å². The molecule has 0 amide bonds. The van der Waals surface area contributed by atoms with Crippen molar-refractivity contribution in [2.45, 2.75) is 0 Å². The third kappa shape index (κ3) is 12.5. The fourth-order valence-corrected chi connectivity index (χ4v) is 26.0. The van der Waals surface area contributed by atoms with Crippen LogP contribution in [0.3, 0.4) is 0 Å². The van der Waals surface area contributed by atoms with Crippen LogP contribution in [0.5, 0.6) is 0 Å². The number of benzene rings is 18. The molecule has 4 nitrogen and oxygen atoms in total. The molecule has 0 aliphatic heterocycles. The van der Waals surface area contributed by atoms with Gasteiger partial charge in [-0.2, -0.15) is 0 Å². The highest BCUT2D eigenvalue weighted by atomic mass is 32.1. The molecule has 0 saturated heterocycles. The second-order valence-corrected chi connectivity index (χ2v) is 39.0. The van der Waals surface area contributed by atoms with Gasteiger partial charge in [-0.05, 0) is 211 Å². The van der Waals surface area contributed by atoms with E-state index < -0.39 is 0 Å². The number of aromatic nitrogens is 4. The van der Waals surface area contributed by atoms with Crippen molar-refractivity contribution in [1.82, 2.24) is 19.9 Å². The predicted molar refractivity (Wildman–Crippen MR) is 546 cm³/mol. The SMILES string of the molecule is c1ccc(-c2nc(-c3cc(-c4ccc5sc6ccccc6c5c4)cc(-c4ccc5sc6ccccc6c5c4)c3)cc(-c3cccc(-c4cccc5c4sc4cc(-c6ccc7c(c6)sc6c(-c8cc(-c9cc(-c%10cccc(-c%11ccc%12sc%13ccccc%13c%12c%11)c%10)nc(-c%10ccccc%10)n9)cc(-c9cccc%10c9sc9ccccc9%10)c8)cccc67)ccc45)c3)n2)cc1. The lowest BCUT2D eigenvalue weighted by Gasteiger charge is -2.14. The first-order valence-corrected chi connectivity index (χ1v) is 47.2. The zero-order valence-corrected chi connectivity index (χ0v) is 72.2. The zero-order valence-electron chi connectivity index (χ0n) is 67.3. The van der Waals surface area contributed by atoms with Crippen molar-refractivity contribution in [3.05, 3.63) is 400 Å². The Labute approximate surface area is 748 Å². The molecule has 0 unspecified atom stereocenters. The third-order valence-electron chi connectivity index (χ3n) is 25.1. The van der Waals surface area contributed by atoms with Gasteiger partial charge in [-0.25, -0.2) is 19.9 Å². The molecular formula is C116H66N4S6. The largest absolute Gasteiger partial charge is 0.228 e. The first kappa shape index (κ1) is 73.0. The summed E-state index contributed by atoms with van der Waals surface area (Å²) in [6.45, 7) is 0. The summed E-state index contributed by atoms with van der Waals surface area (Å²) in [6, 6.07) is 148. The molecule has 0 fully saturated rings. The summed E-state index contributed by atoms with van der Waals surface area (Å²) in [5, 5.41) is 15.2. The summed E-state index contributed by atoms with van der Waals surface area (Å²) < 4.78 is 15.3. The molecule has 0 saturated carbocycles. The Morgan fingerprint density at radius 1 is 0.127 bits per heavy atom. The summed E-state index contributed by atoms with van der Waals surface area (Å²) in [6.07, 6.45) is 0. The smallest absolute Gasteiger partial charge is 0.160 e. The van der Waals surface area contributed by atoms with Crippen LogP contribution in [0.4, 0.5) is 0 Å². The number of hydrogen-bond acceptors (Lipinski definition) is 10. The third-order valence-corrected chi connectivity index (χ3v) is 32.2. The standard InChI is InChI=1S/C116H66N4S6/c1-3-20-67(21-4-1)115-117-99(76-26-15-24-69(52-76)70-44-49-107-96(60-70)88-29-8-11-38-103(88)121-107)65-102(120-115)83-58-80(85-33-18-35-93-87-28-7-14-41-106(87)124-113(85)93)57-81(59-83)86-34-19-37-95-92-48-43-74(64-111(92)126-114(86)95)73-42-47-91-94-36-17-32-84(112(94)125-110(91)63-73)75-25-16-27-77(53-75)100-66-101(119-116(118-100)68-22-5-2-6-23-68)82-55-78(71-45-50-108-97(61-71)89-30-9-12-39-104(89)122-108)54-79(56-82)72-46-51-109-98(62-72)90-31-10-13-40-105(90)123-109/h1-66H. The minimum absolute atomic E-state index is 0.674. The molecule has 0 spiro atoms. The first-order valence-electron chi connectivity index (χ1n) is 42.3. The highest BCUT2D eigenvalue weighted by Gasteiger charge is 2.24. The van der Waals surface area contributed by atoms with Gasteiger partial charge in [0.15, 0.2) is 11.6 Å². The molecule has 8 aromatic heterocycles. The van der Waals surface area contributed by atoms with Gasteiger partial charge in [0.1, 0.15) is 0 Å². The van der Waals surface area contributed by atoms with Crippen LogP contribution in [0.2, 0.25) is 0 Å². The van der Waals surface area contributed by atoms with Gasteiger partial charge in [0.05, 0.1) is 22.8 Å². The van der Waals surface area contributed by atoms with E-state index in [1.54, 1.807) is 0 Å². The minimum Gasteiger partial charge on any atom is -0.228 e. The van der Waals surface area contributed by atoms with Crippen LogP contribution in [-0.2, 0) is 0 Å². The van der Waals surface area contributed by atoms with Crippen LogP contribution in [0.25, 0.3) is 267 Å². The fraction of sp³-hybridized carbons (Fsp3) is 0. The van der Waals surface area contributed by atoms with Gasteiger partial charge in [0.2, 0.25) is 0 Å². The van der Waals surface area contributed by atoms with E-state index in [9.17, 15) is 0 Å². The Kier molecular flexibility index (Phi) is 17.1. The van der Waals surface area contributed by atoms with E-state index in [1.807, 2.05) is 68.0 Å². The molecule has 26 rings (SSSR count). The number of fused-ring (bicyclic) bond motifs is 18. The lowest BCUT2D eigenvalue weighted by atomic mass is 9.93. The zero-order chi connectivity index (χ0) is 82.6. The molecule has 0 bridgehead atoms. The predicted octanol–water partition coefficient (Wildman–Crippen LogP) is 35.1. The van der Waals surface area contributed by atoms with E-state index in [1.165, 1.54) is 154 Å². The van der Waals surface area contributed by atoms with Gasteiger partial charge in [0, 0.05) is 154 Å². The topological polar surface area (TPSA) is 51.6 Å². The summed E-state index contributed by atoms with van der Waals surface area (Å²) in [5.74, 6) is 1.35. The average molecular weight is 1710 g/mol. The Morgan fingerprint density at radius 2 is 0.389 bits per heavy atom. The number of nitrogens with zero attached hydrogens (tertiary/aromatic N) is 4. The molecule has 0 radical (unpaired) electrons. The molecule has 586 valence electrons. The van der Waals surface area contributed by atoms with Crippen molar-refractivity contribution < 1.29 is 0 Å². The van der Waals surface area contributed by atoms with Gasteiger partial charge >= 0.3 is 0 Å². The first-order chi connectivity index (χ1) is 62.3. The molecule has 18 aromatic carbocycles. The highest BCUT2D eigenvalue weighted by Crippen LogP contribution is 2.50. The number of thiophene rings is 6. The van der Waals surface area contributed by atoms with Crippen molar-refractivity contribution in [2.75, 3.05) is 0 Å². The summed E-state index contributed by atoms with van der Waals surface area (Å²) >= 11 is 11.2. The highest BCUT2D eigenvalue weighted by molar-refractivity contribution is 7.28. The maximum absolute atomic E-state index is 5.55. The van der Waals surface area contributed by atoms with E-state index in [2.05, 4.69) is 400 Å². The van der Waals surface area contributed by atoms with E-state index in [0.29, 0.717) is 11.6 Å². The van der Waals surface area contributed by atoms with Crippen molar-refractivity contribution in [3.8, 4) is 146 Å². The number of rotatable bonds is 13. The number of hydrogen-bond donors (Lipinski definition) is 0. The Hall–Kier alpha value is -14.6. The van der Waals surface area contributed by atoms with Crippen LogP contribution in [0, 0.1) is 0 Å². The van der Waals surface area contributed by atoms with Crippen molar-refractivity contribution >= 4 is 189 Å². The van der Waals surface area contributed by atoms with E-state index in [0.717, 1.165) is 101 Å². The summed E-state index contributed by atoms with van der Waals surface area (Å²) in [5.41, 5.74) is 25.6. The maximum Gasteiger partial charge on any atom is 0.160 e. The Balaban J connectivity index is 0.564. The van der Waals surface area contributed by atoms with E-state index in [-0.39, 0.29) is 0 Å². The van der Waals surface area contributed by atoms with Gasteiger partial charge in [0.25, 0.3) is 0 Å². The van der Waals surface area contributed by atoms with Gasteiger partial charge < -0.3 is 0 Å². The molecular weight excluding hydrogens is 1640 g/mol. The molecule has 10 heteroatoms. The summed E-state index contributed by atoms with van der Waals surface area (Å²) in [4.78, 5) is 21.9.